The molecule has 0 aliphatic heterocycles. The highest BCUT2D eigenvalue weighted by atomic mass is 16.4. The van der Waals surface area contributed by atoms with E-state index in [-0.39, 0.29) is 0 Å². The number of rotatable bonds is 7. The van der Waals surface area contributed by atoms with Crippen molar-refractivity contribution in [2.45, 2.75) is 39.5 Å². The molecule has 0 spiro atoms. The molecule has 0 radical (unpaired) electrons. The number of hydrogen-bond acceptors (Lipinski definition) is 2. The van der Waals surface area contributed by atoms with Crippen LogP contribution >= 0.6 is 0 Å². The molecule has 16 heavy (non-hydrogen) atoms. The van der Waals surface area contributed by atoms with E-state index in [0.29, 0.717) is 12.0 Å². The van der Waals surface area contributed by atoms with Gasteiger partial charge >= 0.3 is 5.97 Å². The van der Waals surface area contributed by atoms with Crippen molar-refractivity contribution in [2.24, 2.45) is 5.92 Å². The van der Waals surface area contributed by atoms with Gasteiger partial charge in [0.05, 0.1) is 0 Å². The van der Waals surface area contributed by atoms with Crippen molar-refractivity contribution in [1.82, 2.24) is 4.90 Å². The molecule has 0 atom stereocenters. The summed E-state index contributed by atoms with van der Waals surface area (Å²) in [5.41, 5.74) is 0.534. The SMILES string of the molecule is CC/C(=C/CN(CC)CC1CCC1)C(=O)O. The van der Waals surface area contributed by atoms with Gasteiger partial charge in [-0.15, -0.1) is 0 Å². The molecule has 1 aliphatic rings. The quantitative estimate of drug-likeness (QED) is 0.677. The minimum absolute atomic E-state index is 0.534. The van der Waals surface area contributed by atoms with Crippen LogP contribution in [0.1, 0.15) is 39.5 Å². The predicted octanol–water partition coefficient (Wildman–Crippen LogP) is 2.53. The first-order chi connectivity index (χ1) is 7.67. The van der Waals surface area contributed by atoms with Gasteiger partial charge in [0, 0.05) is 18.7 Å². The Labute approximate surface area is 98.1 Å². The summed E-state index contributed by atoms with van der Waals surface area (Å²) in [4.78, 5) is 13.2. The lowest BCUT2D eigenvalue weighted by Crippen LogP contribution is -2.32. The standard InChI is InChI=1S/C13H23NO2/c1-3-12(13(15)16)8-9-14(4-2)10-11-6-5-7-11/h8,11H,3-7,9-10H2,1-2H3,(H,15,16)/b12-8-. The van der Waals surface area contributed by atoms with Gasteiger partial charge in [-0.05, 0) is 31.7 Å². The molecule has 0 amide bonds. The number of carbonyl (C=O) groups is 1. The van der Waals surface area contributed by atoms with Gasteiger partial charge in [-0.2, -0.15) is 0 Å². The van der Waals surface area contributed by atoms with E-state index in [9.17, 15) is 4.79 Å². The number of likely N-dealkylation sites (N-methyl/N-ethyl adjacent to an activating group) is 1. The third-order valence-electron chi connectivity index (χ3n) is 3.44. The molecule has 1 N–H and O–H groups in total. The molecular formula is C13H23NO2. The second-order valence-electron chi connectivity index (χ2n) is 4.54. The van der Waals surface area contributed by atoms with E-state index in [2.05, 4.69) is 11.8 Å². The third kappa shape index (κ3) is 3.97. The smallest absolute Gasteiger partial charge is 0.331 e. The van der Waals surface area contributed by atoms with E-state index in [0.717, 1.165) is 25.6 Å². The van der Waals surface area contributed by atoms with Gasteiger partial charge in [-0.3, -0.25) is 4.90 Å². The molecule has 1 fully saturated rings. The van der Waals surface area contributed by atoms with Crippen molar-refractivity contribution in [3.8, 4) is 0 Å². The molecule has 0 saturated heterocycles. The van der Waals surface area contributed by atoms with Crippen LogP contribution in [-0.2, 0) is 4.79 Å². The number of nitrogens with zero attached hydrogens (tertiary/aromatic N) is 1. The third-order valence-corrected chi connectivity index (χ3v) is 3.44. The van der Waals surface area contributed by atoms with Gasteiger partial charge < -0.3 is 5.11 Å². The van der Waals surface area contributed by atoms with Gasteiger partial charge in [-0.25, -0.2) is 4.79 Å². The van der Waals surface area contributed by atoms with Crippen LogP contribution in [0.15, 0.2) is 11.6 Å². The summed E-state index contributed by atoms with van der Waals surface area (Å²) in [6.45, 7) is 6.94. The Morgan fingerprint density at radius 3 is 2.50 bits per heavy atom. The van der Waals surface area contributed by atoms with Crippen molar-refractivity contribution < 1.29 is 9.90 Å². The van der Waals surface area contributed by atoms with E-state index in [1.54, 1.807) is 0 Å². The number of carboxylic acid groups (broad SMARTS) is 1. The average molecular weight is 225 g/mol. The molecular weight excluding hydrogens is 202 g/mol. The molecule has 1 rings (SSSR count). The summed E-state index contributed by atoms with van der Waals surface area (Å²) in [5.74, 6) is 0.0745. The van der Waals surface area contributed by atoms with Crippen LogP contribution in [0.2, 0.25) is 0 Å². The molecule has 0 aromatic carbocycles. The fraction of sp³-hybridized carbons (Fsp3) is 0.769. The lowest BCUT2D eigenvalue weighted by atomic mass is 9.85. The van der Waals surface area contributed by atoms with E-state index >= 15 is 0 Å². The van der Waals surface area contributed by atoms with Gasteiger partial charge in [0.25, 0.3) is 0 Å². The van der Waals surface area contributed by atoms with Crippen molar-refractivity contribution in [1.29, 1.82) is 0 Å². The minimum Gasteiger partial charge on any atom is -0.478 e. The number of carboxylic acids is 1. The van der Waals surface area contributed by atoms with E-state index in [1.807, 2.05) is 13.0 Å². The van der Waals surface area contributed by atoms with Crippen LogP contribution in [0.3, 0.4) is 0 Å². The second-order valence-corrected chi connectivity index (χ2v) is 4.54. The molecule has 1 saturated carbocycles. The highest BCUT2D eigenvalue weighted by molar-refractivity contribution is 5.86. The summed E-state index contributed by atoms with van der Waals surface area (Å²) in [6.07, 6.45) is 6.54. The monoisotopic (exact) mass is 225 g/mol. The van der Waals surface area contributed by atoms with Gasteiger partial charge in [0.2, 0.25) is 0 Å². The Balaban J connectivity index is 2.38. The summed E-state index contributed by atoms with van der Waals surface area (Å²) in [5, 5.41) is 8.91. The maximum Gasteiger partial charge on any atom is 0.331 e. The van der Waals surface area contributed by atoms with Crippen LogP contribution in [0, 0.1) is 5.92 Å². The van der Waals surface area contributed by atoms with Crippen LogP contribution in [0.25, 0.3) is 0 Å². The fourth-order valence-corrected chi connectivity index (χ4v) is 2.00. The summed E-state index contributed by atoms with van der Waals surface area (Å²) >= 11 is 0. The van der Waals surface area contributed by atoms with E-state index < -0.39 is 5.97 Å². The second kappa shape index (κ2) is 6.69. The lowest BCUT2D eigenvalue weighted by molar-refractivity contribution is -0.132. The largest absolute Gasteiger partial charge is 0.478 e. The Hall–Kier alpha value is -0.830. The number of hydrogen-bond donors (Lipinski definition) is 1. The van der Waals surface area contributed by atoms with Crippen molar-refractivity contribution in [3.05, 3.63) is 11.6 Å². The molecule has 0 heterocycles. The first kappa shape index (κ1) is 13.2. The minimum atomic E-state index is -0.776. The summed E-state index contributed by atoms with van der Waals surface area (Å²) in [7, 11) is 0. The van der Waals surface area contributed by atoms with Crippen LogP contribution < -0.4 is 0 Å². The highest BCUT2D eigenvalue weighted by Crippen LogP contribution is 2.26. The van der Waals surface area contributed by atoms with Gasteiger partial charge in [-0.1, -0.05) is 26.3 Å². The molecule has 0 aromatic heterocycles. The Bertz CT molecular complexity index is 257. The first-order valence-corrected chi connectivity index (χ1v) is 6.32. The zero-order valence-electron chi connectivity index (χ0n) is 10.4. The number of aliphatic carboxylic acids is 1. The maximum absolute atomic E-state index is 10.8. The Kier molecular flexibility index (Phi) is 5.53. The van der Waals surface area contributed by atoms with Crippen LogP contribution in [0.4, 0.5) is 0 Å². The summed E-state index contributed by atoms with van der Waals surface area (Å²) < 4.78 is 0. The van der Waals surface area contributed by atoms with Gasteiger partial charge in [0.15, 0.2) is 0 Å². The molecule has 3 nitrogen and oxygen atoms in total. The molecule has 3 heteroatoms. The van der Waals surface area contributed by atoms with Gasteiger partial charge in [0.1, 0.15) is 0 Å². The molecule has 92 valence electrons. The fourth-order valence-electron chi connectivity index (χ4n) is 2.00. The first-order valence-electron chi connectivity index (χ1n) is 6.32. The molecule has 1 aliphatic carbocycles. The molecule has 0 bridgehead atoms. The maximum atomic E-state index is 10.8. The van der Waals surface area contributed by atoms with Crippen LogP contribution in [0.5, 0.6) is 0 Å². The Morgan fingerprint density at radius 2 is 2.12 bits per heavy atom. The highest BCUT2D eigenvalue weighted by Gasteiger charge is 2.19. The summed E-state index contributed by atoms with van der Waals surface area (Å²) in [6, 6.07) is 0. The topological polar surface area (TPSA) is 40.5 Å². The van der Waals surface area contributed by atoms with Crippen molar-refractivity contribution >= 4 is 5.97 Å². The normalized spacial score (nSPS) is 17.6. The predicted molar refractivity (Wildman–Crippen MR) is 65.5 cm³/mol. The molecule has 0 unspecified atom stereocenters. The van der Waals surface area contributed by atoms with Crippen molar-refractivity contribution in [2.75, 3.05) is 19.6 Å². The van der Waals surface area contributed by atoms with E-state index in [4.69, 9.17) is 5.11 Å². The zero-order valence-corrected chi connectivity index (χ0v) is 10.4. The van der Waals surface area contributed by atoms with Crippen molar-refractivity contribution in [3.63, 3.8) is 0 Å². The lowest BCUT2D eigenvalue weighted by Gasteiger charge is -2.31. The zero-order chi connectivity index (χ0) is 12.0. The average Bonchev–Trinajstić information content (AvgIpc) is 2.20. The van der Waals surface area contributed by atoms with Crippen LogP contribution in [-0.4, -0.2) is 35.6 Å². The van der Waals surface area contributed by atoms with E-state index in [1.165, 1.54) is 19.3 Å². The molecule has 0 aromatic rings. The Morgan fingerprint density at radius 1 is 1.44 bits per heavy atom.